The number of nitrogens with two attached hydrogens (primary N) is 1. The molecule has 114 valence electrons. The third-order valence-electron chi connectivity index (χ3n) is 3.15. The van der Waals surface area contributed by atoms with Crippen molar-refractivity contribution in [3.05, 3.63) is 45.2 Å². The highest BCUT2D eigenvalue weighted by atomic mass is 79.9. The van der Waals surface area contributed by atoms with Gasteiger partial charge in [0.05, 0.1) is 5.56 Å². The molecule has 1 nitrogen and oxygen atoms in total. The lowest BCUT2D eigenvalue weighted by Gasteiger charge is -2.10. The average Bonchev–Trinajstić information content (AvgIpc) is 2.87. The Morgan fingerprint density at radius 2 is 1.95 bits per heavy atom. The lowest BCUT2D eigenvalue weighted by atomic mass is 10.1. The van der Waals surface area contributed by atoms with Gasteiger partial charge in [-0.3, -0.25) is 0 Å². The fourth-order valence-electron chi connectivity index (χ4n) is 2.04. The SMILES string of the molecule is CCCC(N)c1ccc(-c2cc(C(F)(F)F)ccc2Br)s1. The zero-order chi connectivity index (χ0) is 15.6. The largest absolute Gasteiger partial charge is 0.416 e. The molecule has 2 aromatic rings. The van der Waals surface area contributed by atoms with Crippen LogP contribution in [0.1, 0.15) is 36.2 Å². The van der Waals surface area contributed by atoms with E-state index in [1.165, 1.54) is 23.5 Å². The molecule has 0 aliphatic rings. The van der Waals surface area contributed by atoms with Crippen LogP contribution in [-0.2, 0) is 6.18 Å². The summed E-state index contributed by atoms with van der Waals surface area (Å²) in [7, 11) is 0. The molecule has 6 heteroatoms. The number of halogens is 4. The number of alkyl halides is 3. The molecule has 1 heterocycles. The minimum absolute atomic E-state index is 0.0571. The van der Waals surface area contributed by atoms with Crippen LogP contribution >= 0.6 is 27.3 Å². The first-order valence-corrected chi connectivity index (χ1v) is 8.16. The maximum atomic E-state index is 12.8. The van der Waals surface area contributed by atoms with E-state index in [0.717, 1.165) is 28.7 Å². The van der Waals surface area contributed by atoms with Crippen molar-refractivity contribution in [3.63, 3.8) is 0 Å². The smallest absolute Gasteiger partial charge is 0.323 e. The van der Waals surface area contributed by atoms with E-state index >= 15 is 0 Å². The zero-order valence-electron chi connectivity index (χ0n) is 11.4. The number of thiophene rings is 1. The van der Waals surface area contributed by atoms with E-state index in [1.54, 1.807) is 0 Å². The second-order valence-corrected chi connectivity index (χ2v) is 6.76. The van der Waals surface area contributed by atoms with Gasteiger partial charge in [-0.25, -0.2) is 0 Å². The fourth-order valence-corrected chi connectivity index (χ4v) is 3.71. The highest BCUT2D eigenvalue weighted by molar-refractivity contribution is 9.10. The van der Waals surface area contributed by atoms with E-state index in [4.69, 9.17) is 5.73 Å². The molecule has 0 radical (unpaired) electrons. The standard InChI is InChI=1S/C15H15BrF3NS/c1-2-3-12(20)14-7-6-13(21-14)10-8-9(15(17,18)19)4-5-11(10)16/h4-8,12H,2-3,20H2,1H3. The molecule has 0 amide bonds. The van der Waals surface area contributed by atoms with E-state index in [-0.39, 0.29) is 6.04 Å². The van der Waals surface area contributed by atoms with Crippen LogP contribution in [-0.4, -0.2) is 0 Å². The Kier molecular flexibility index (Phi) is 5.11. The molecule has 1 unspecified atom stereocenters. The van der Waals surface area contributed by atoms with Gasteiger partial charge in [0.15, 0.2) is 0 Å². The number of rotatable bonds is 4. The van der Waals surface area contributed by atoms with Crippen molar-refractivity contribution in [1.29, 1.82) is 0 Å². The van der Waals surface area contributed by atoms with Gasteiger partial charge in [0.1, 0.15) is 0 Å². The fraction of sp³-hybridized carbons (Fsp3) is 0.333. The predicted molar refractivity (Wildman–Crippen MR) is 84.3 cm³/mol. The molecule has 0 aliphatic heterocycles. The predicted octanol–water partition coefficient (Wildman–Crippen LogP) is 6.00. The first-order chi connectivity index (χ1) is 9.82. The minimum atomic E-state index is -4.34. The molecular weight excluding hydrogens is 363 g/mol. The summed E-state index contributed by atoms with van der Waals surface area (Å²) in [5.41, 5.74) is 5.95. The summed E-state index contributed by atoms with van der Waals surface area (Å²) in [4.78, 5) is 1.78. The summed E-state index contributed by atoms with van der Waals surface area (Å²) in [5, 5.41) is 0. The first kappa shape index (κ1) is 16.5. The van der Waals surface area contributed by atoms with Crippen LogP contribution in [0, 0.1) is 0 Å². The van der Waals surface area contributed by atoms with Crippen molar-refractivity contribution in [3.8, 4) is 10.4 Å². The van der Waals surface area contributed by atoms with E-state index in [2.05, 4.69) is 22.9 Å². The average molecular weight is 378 g/mol. The molecule has 21 heavy (non-hydrogen) atoms. The van der Waals surface area contributed by atoms with Crippen LogP contribution in [0.3, 0.4) is 0 Å². The molecule has 0 spiro atoms. The Morgan fingerprint density at radius 3 is 2.57 bits per heavy atom. The maximum absolute atomic E-state index is 12.8. The molecule has 0 fully saturated rings. The zero-order valence-corrected chi connectivity index (χ0v) is 13.8. The molecule has 2 N–H and O–H groups in total. The van der Waals surface area contributed by atoms with Crippen molar-refractivity contribution >= 4 is 27.3 Å². The summed E-state index contributed by atoms with van der Waals surface area (Å²) in [6.45, 7) is 2.05. The van der Waals surface area contributed by atoms with Gasteiger partial charge < -0.3 is 5.73 Å². The van der Waals surface area contributed by atoms with Gasteiger partial charge in [-0.2, -0.15) is 13.2 Å². The second-order valence-electron chi connectivity index (χ2n) is 4.79. The molecule has 0 bridgehead atoms. The highest BCUT2D eigenvalue weighted by Crippen LogP contribution is 2.39. The van der Waals surface area contributed by atoms with E-state index < -0.39 is 11.7 Å². The van der Waals surface area contributed by atoms with Gasteiger partial charge in [0.25, 0.3) is 0 Å². The highest BCUT2D eigenvalue weighted by Gasteiger charge is 2.31. The lowest BCUT2D eigenvalue weighted by Crippen LogP contribution is -2.07. The summed E-state index contributed by atoms with van der Waals surface area (Å²) in [6, 6.07) is 7.35. The molecule has 1 atom stereocenters. The molecule has 1 aromatic heterocycles. The normalized spacial score (nSPS) is 13.4. The Bertz CT molecular complexity index is 622. The van der Waals surface area contributed by atoms with E-state index in [9.17, 15) is 13.2 Å². The number of hydrogen-bond donors (Lipinski definition) is 1. The number of benzene rings is 1. The molecule has 1 aromatic carbocycles. The van der Waals surface area contributed by atoms with Crippen molar-refractivity contribution < 1.29 is 13.2 Å². The van der Waals surface area contributed by atoms with Crippen LogP contribution in [0.2, 0.25) is 0 Å². The Labute approximate surface area is 134 Å². The van der Waals surface area contributed by atoms with Crippen LogP contribution in [0.5, 0.6) is 0 Å². The van der Waals surface area contributed by atoms with Crippen LogP contribution < -0.4 is 5.73 Å². The monoisotopic (exact) mass is 377 g/mol. The van der Waals surface area contributed by atoms with Crippen molar-refractivity contribution in [2.24, 2.45) is 5.73 Å². The Balaban J connectivity index is 2.38. The summed E-state index contributed by atoms with van der Waals surface area (Å²) >= 11 is 4.76. The van der Waals surface area contributed by atoms with Gasteiger partial charge in [-0.15, -0.1) is 11.3 Å². The van der Waals surface area contributed by atoms with E-state index in [1.807, 2.05) is 12.1 Å². The molecule has 2 rings (SSSR count). The molecule has 0 saturated heterocycles. The minimum Gasteiger partial charge on any atom is -0.323 e. The molecule has 0 saturated carbocycles. The van der Waals surface area contributed by atoms with Crippen molar-refractivity contribution in [2.75, 3.05) is 0 Å². The van der Waals surface area contributed by atoms with Crippen LogP contribution in [0.15, 0.2) is 34.8 Å². The quantitative estimate of drug-likeness (QED) is 0.694. The third-order valence-corrected chi connectivity index (χ3v) is 5.09. The van der Waals surface area contributed by atoms with Crippen LogP contribution in [0.4, 0.5) is 13.2 Å². The Hall–Kier alpha value is -0.850. The van der Waals surface area contributed by atoms with Gasteiger partial charge in [0.2, 0.25) is 0 Å². The molecule has 0 aliphatic carbocycles. The van der Waals surface area contributed by atoms with Gasteiger partial charge >= 0.3 is 6.18 Å². The van der Waals surface area contributed by atoms with Crippen LogP contribution in [0.25, 0.3) is 10.4 Å². The summed E-state index contributed by atoms with van der Waals surface area (Å²) in [6.07, 6.45) is -2.50. The van der Waals surface area contributed by atoms with Crippen molar-refractivity contribution in [1.82, 2.24) is 0 Å². The van der Waals surface area contributed by atoms with E-state index in [0.29, 0.717) is 10.0 Å². The third kappa shape index (κ3) is 3.87. The first-order valence-electron chi connectivity index (χ1n) is 6.55. The lowest BCUT2D eigenvalue weighted by molar-refractivity contribution is -0.137. The summed E-state index contributed by atoms with van der Waals surface area (Å²) in [5.74, 6) is 0. The van der Waals surface area contributed by atoms with Gasteiger partial charge in [-0.05, 0) is 36.8 Å². The van der Waals surface area contributed by atoms with Gasteiger partial charge in [-0.1, -0.05) is 29.3 Å². The Morgan fingerprint density at radius 1 is 1.24 bits per heavy atom. The number of hydrogen-bond acceptors (Lipinski definition) is 2. The van der Waals surface area contributed by atoms with Crippen molar-refractivity contribution in [2.45, 2.75) is 32.0 Å². The summed E-state index contributed by atoms with van der Waals surface area (Å²) < 4.78 is 39.1. The van der Waals surface area contributed by atoms with Gasteiger partial charge in [0, 0.05) is 25.8 Å². The topological polar surface area (TPSA) is 26.0 Å². The molecular formula is C15H15BrF3NS. The second kappa shape index (κ2) is 6.50. The maximum Gasteiger partial charge on any atom is 0.416 e.